The Kier molecular flexibility index (Phi) is 38.5. The molecule has 0 amide bonds. The maximum atomic E-state index is 12.6. The molecular weight excluding hydrogens is 689 g/mol. The molecule has 9 nitrogen and oxygen atoms in total. The first-order chi connectivity index (χ1) is 25.7. The van der Waals surface area contributed by atoms with Gasteiger partial charge in [-0.1, -0.05) is 194 Å². The summed E-state index contributed by atoms with van der Waals surface area (Å²) in [6, 6.07) is 0. The van der Waals surface area contributed by atoms with Crippen molar-refractivity contribution in [3.63, 3.8) is 0 Å². The van der Waals surface area contributed by atoms with E-state index in [0.717, 1.165) is 38.5 Å². The molecule has 0 fully saturated rings. The van der Waals surface area contributed by atoms with E-state index in [1.807, 2.05) is 19.0 Å². The molecule has 0 radical (unpaired) electrons. The van der Waals surface area contributed by atoms with Crippen LogP contribution in [-0.4, -0.2) is 68.3 Å². The minimum Gasteiger partial charge on any atom is -0.462 e. The molecule has 10 heteroatoms. The summed E-state index contributed by atoms with van der Waals surface area (Å²) >= 11 is 0. The highest BCUT2D eigenvalue weighted by molar-refractivity contribution is 7.47. The van der Waals surface area contributed by atoms with Crippen molar-refractivity contribution in [1.82, 2.24) is 4.90 Å². The minimum absolute atomic E-state index is 0.0126. The predicted molar refractivity (Wildman–Crippen MR) is 220 cm³/mol. The molecule has 0 rings (SSSR count). The van der Waals surface area contributed by atoms with Gasteiger partial charge in [0.25, 0.3) is 0 Å². The highest BCUT2D eigenvalue weighted by Gasteiger charge is 2.26. The maximum absolute atomic E-state index is 12.6. The second-order valence-corrected chi connectivity index (χ2v) is 17.0. The summed E-state index contributed by atoms with van der Waals surface area (Å²) in [6.07, 6.45) is 37.1. The molecule has 0 aliphatic rings. The predicted octanol–water partition coefficient (Wildman–Crippen LogP) is 12.7. The Morgan fingerprint density at radius 1 is 0.509 bits per heavy atom. The van der Waals surface area contributed by atoms with Gasteiger partial charge in [0.2, 0.25) is 0 Å². The van der Waals surface area contributed by atoms with Crippen molar-refractivity contribution in [2.75, 3.05) is 40.5 Å². The van der Waals surface area contributed by atoms with Crippen LogP contribution in [0.3, 0.4) is 0 Å². The normalized spacial score (nSPS) is 13.3. The number of nitrogens with zero attached hydrogens (tertiary/aromatic N) is 1. The quantitative estimate of drug-likeness (QED) is 0.0368. The third-order valence-corrected chi connectivity index (χ3v) is 10.9. The van der Waals surface area contributed by atoms with Gasteiger partial charge in [0.05, 0.1) is 13.2 Å². The minimum atomic E-state index is -4.35. The number of ether oxygens (including phenoxy) is 2. The van der Waals surface area contributed by atoms with Crippen LogP contribution in [0.4, 0.5) is 0 Å². The number of unbranched alkanes of at least 4 members (excludes halogenated alkanes) is 28. The Hall–Kier alpha value is -0.990. The largest absolute Gasteiger partial charge is 0.472 e. The summed E-state index contributed by atoms with van der Waals surface area (Å²) in [6.45, 7) is 4.36. The van der Waals surface area contributed by atoms with Crippen molar-refractivity contribution in [3.8, 4) is 0 Å². The van der Waals surface area contributed by atoms with Gasteiger partial charge in [-0.15, -0.1) is 0 Å². The van der Waals surface area contributed by atoms with Crippen molar-refractivity contribution in [3.05, 3.63) is 0 Å². The summed E-state index contributed by atoms with van der Waals surface area (Å²) in [5, 5.41) is 0. The molecule has 0 saturated carbocycles. The number of phosphoric ester groups is 1. The maximum Gasteiger partial charge on any atom is 0.472 e. The molecule has 0 bridgehead atoms. The third kappa shape index (κ3) is 40.5. The Morgan fingerprint density at radius 2 is 0.849 bits per heavy atom. The molecule has 0 spiro atoms. The van der Waals surface area contributed by atoms with Gasteiger partial charge < -0.3 is 19.3 Å². The highest BCUT2D eigenvalue weighted by atomic mass is 31.2. The number of hydrogen-bond donors (Lipinski definition) is 1. The van der Waals surface area contributed by atoms with Crippen molar-refractivity contribution in [1.29, 1.82) is 0 Å². The van der Waals surface area contributed by atoms with Crippen molar-refractivity contribution in [2.45, 2.75) is 225 Å². The first-order valence-corrected chi connectivity index (χ1v) is 23.8. The average molecular weight is 776 g/mol. The number of esters is 2. The van der Waals surface area contributed by atoms with Crippen LogP contribution in [-0.2, 0) is 32.7 Å². The Labute approximate surface area is 327 Å². The SMILES string of the molecule is CCCCCCCCCCCCCCCCCC(=O)OC[C@@H](COP(=O)(O)OCCN(C)C)OC(=O)CCCCCCCCCCCCCCCCC. The van der Waals surface area contributed by atoms with E-state index in [0.29, 0.717) is 13.0 Å². The van der Waals surface area contributed by atoms with E-state index < -0.39 is 26.5 Å². The second kappa shape index (κ2) is 39.3. The van der Waals surface area contributed by atoms with E-state index >= 15 is 0 Å². The number of phosphoric acid groups is 1. The summed E-state index contributed by atoms with van der Waals surface area (Å²) in [5.41, 5.74) is 0. The molecule has 0 heterocycles. The Morgan fingerprint density at radius 3 is 1.21 bits per heavy atom. The standard InChI is InChI=1S/C43H86NO8P/c1-5-7-9-11-13-15-17-19-21-23-25-27-29-31-33-35-42(45)49-39-41(40-51-53(47,48)50-38-37-44(3)4)52-43(46)36-34-32-30-28-26-24-22-20-18-16-14-12-10-8-6-2/h41H,5-40H2,1-4H3,(H,47,48)/t41-/m0/s1. The van der Waals surface area contributed by atoms with Gasteiger partial charge in [-0.3, -0.25) is 18.6 Å². The lowest BCUT2D eigenvalue weighted by Crippen LogP contribution is -2.29. The van der Waals surface area contributed by atoms with E-state index in [2.05, 4.69) is 13.8 Å². The highest BCUT2D eigenvalue weighted by Crippen LogP contribution is 2.43. The van der Waals surface area contributed by atoms with Crippen molar-refractivity contribution >= 4 is 19.8 Å². The average Bonchev–Trinajstić information content (AvgIpc) is 3.12. The lowest BCUT2D eigenvalue weighted by atomic mass is 10.0. The molecule has 0 saturated heterocycles. The van der Waals surface area contributed by atoms with E-state index in [4.69, 9.17) is 18.5 Å². The molecule has 1 N–H and O–H groups in total. The van der Waals surface area contributed by atoms with Gasteiger partial charge in [0, 0.05) is 19.4 Å². The fourth-order valence-electron chi connectivity index (χ4n) is 6.45. The van der Waals surface area contributed by atoms with Crippen LogP contribution in [0.1, 0.15) is 219 Å². The van der Waals surface area contributed by atoms with Gasteiger partial charge in [-0.25, -0.2) is 4.57 Å². The van der Waals surface area contributed by atoms with Gasteiger partial charge in [-0.2, -0.15) is 0 Å². The van der Waals surface area contributed by atoms with Gasteiger partial charge in [-0.05, 0) is 26.9 Å². The molecule has 0 aromatic heterocycles. The molecule has 0 aromatic rings. The molecule has 2 atom stereocenters. The number of carbonyl (C=O) groups excluding carboxylic acids is 2. The first-order valence-electron chi connectivity index (χ1n) is 22.3. The molecule has 0 aromatic carbocycles. The zero-order valence-electron chi connectivity index (χ0n) is 35.2. The molecule has 53 heavy (non-hydrogen) atoms. The van der Waals surface area contributed by atoms with Crippen LogP contribution < -0.4 is 0 Å². The second-order valence-electron chi connectivity index (χ2n) is 15.6. The van der Waals surface area contributed by atoms with Crippen molar-refractivity contribution < 1.29 is 37.6 Å². The van der Waals surface area contributed by atoms with E-state index in [-0.39, 0.29) is 25.6 Å². The van der Waals surface area contributed by atoms with Crippen LogP contribution in [0.2, 0.25) is 0 Å². The first kappa shape index (κ1) is 52.0. The van der Waals surface area contributed by atoms with Crippen molar-refractivity contribution in [2.24, 2.45) is 0 Å². The monoisotopic (exact) mass is 776 g/mol. The molecular formula is C43H86NO8P. The van der Waals surface area contributed by atoms with Crippen LogP contribution in [0.15, 0.2) is 0 Å². The lowest BCUT2D eigenvalue weighted by molar-refractivity contribution is -0.161. The van der Waals surface area contributed by atoms with Crippen LogP contribution in [0, 0.1) is 0 Å². The zero-order chi connectivity index (χ0) is 39.1. The molecule has 0 aliphatic heterocycles. The fourth-order valence-corrected chi connectivity index (χ4v) is 7.20. The van der Waals surface area contributed by atoms with E-state index in [1.165, 1.54) is 154 Å². The number of likely N-dealkylation sites (N-methyl/N-ethyl adjacent to an activating group) is 1. The summed E-state index contributed by atoms with van der Waals surface area (Å²) in [4.78, 5) is 37.0. The van der Waals surface area contributed by atoms with E-state index in [1.54, 1.807) is 0 Å². The van der Waals surface area contributed by atoms with Crippen LogP contribution in [0.5, 0.6) is 0 Å². The number of hydrogen-bond acceptors (Lipinski definition) is 8. The lowest BCUT2D eigenvalue weighted by Gasteiger charge is -2.20. The van der Waals surface area contributed by atoms with Gasteiger partial charge in [0.15, 0.2) is 6.10 Å². The summed E-state index contributed by atoms with van der Waals surface area (Å²) in [7, 11) is -0.696. The molecule has 316 valence electrons. The summed E-state index contributed by atoms with van der Waals surface area (Å²) < 4.78 is 33.5. The fraction of sp³-hybridized carbons (Fsp3) is 0.953. The molecule has 1 unspecified atom stereocenters. The smallest absolute Gasteiger partial charge is 0.462 e. The summed E-state index contributed by atoms with van der Waals surface area (Å²) in [5.74, 6) is -0.786. The third-order valence-electron chi connectivity index (χ3n) is 9.91. The van der Waals surface area contributed by atoms with Crippen LogP contribution in [0.25, 0.3) is 0 Å². The number of rotatable bonds is 42. The Bertz CT molecular complexity index is 858. The van der Waals surface area contributed by atoms with E-state index in [9.17, 15) is 19.0 Å². The zero-order valence-corrected chi connectivity index (χ0v) is 36.1. The molecule has 0 aliphatic carbocycles. The van der Waals surface area contributed by atoms with Gasteiger partial charge in [0.1, 0.15) is 6.61 Å². The number of carbonyl (C=O) groups is 2. The van der Waals surface area contributed by atoms with Gasteiger partial charge >= 0.3 is 19.8 Å². The van der Waals surface area contributed by atoms with Crippen LogP contribution >= 0.6 is 7.82 Å². The topological polar surface area (TPSA) is 112 Å². The Balaban J connectivity index is 4.23.